The van der Waals surface area contributed by atoms with Gasteiger partial charge in [0, 0.05) is 24.3 Å². The van der Waals surface area contributed by atoms with E-state index in [9.17, 15) is 14.0 Å². The molecule has 1 aromatic carbocycles. The number of esters is 1. The summed E-state index contributed by atoms with van der Waals surface area (Å²) in [7, 11) is 1.55. The lowest BCUT2D eigenvalue weighted by Crippen LogP contribution is -2.12. The molecule has 2 heterocycles. The maximum Gasteiger partial charge on any atom is 0.356 e. The van der Waals surface area contributed by atoms with E-state index in [1.807, 2.05) is 0 Å². The van der Waals surface area contributed by atoms with E-state index in [4.69, 9.17) is 16.3 Å². The van der Waals surface area contributed by atoms with Crippen molar-refractivity contribution in [3.63, 3.8) is 0 Å². The van der Waals surface area contributed by atoms with Gasteiger partial charge in [0.1, 0.15) is 11.5 Å². The van der Waals surface area contributed by atoms with Crippen molar-refractivity contribution in [3.8, 4) is 0 Å². The van der Waals surface area contributed by atoms with Crippen molar-refractivity contribution < 1.29 is 18.7 Å². The van der Waals surface area contributed by atoms with Gasteiger partial charge in [-0.15, -0.1) is 0 Å². The summed E-state index contributed by atoms with van der Waals surface area (Å²) >= 11 is 6.02. The first-order valence-corrected chi connectivity index (χ1v) is 8.74. The number of aromatic nitrogens is 4. The number of nitrogens with zero attached hydrogens (tertiary/aromatic N) is 4. The minimum absolute atomic E-state index is 0.0693. The summed E-state index contributed by atoms with van der Waals surface area (Å²) in [5, 5.41) is 11.1. The molecule has 0 bridgehead atoms. The summed E-state index contributed by atoms with van der Waals surface area (Å²) in [5.74, 6) is -1.47. The van der Waals surface area contributed by atoms with Crippen molar-refractivity contribution in [2.45, 2.75) is 13.5 Å². The predicted octanol–water partition coefficient (Wildman–Crippen LogP) is 2.89. The van der Waals surface area contributed by atoms with Gasteiger partial charge in [-0.1, -0.05) is 17.7 Å². The number of hydrogen-bond donors (Lipinski definition) is 1. The molecule has 8 nitrogen and oxygen atoms in total. The molecular weight excluding hydrogens is 389 g/mol. The Morgan fingerprint density at radius 1 is 1.32 bits per heavy atom. The Labute approximate surface area is 164 Å². The van der Waals surface area contributed by atoms with Gasteiger partial charge in [-0.2, -0.15) is 10.2 Å². The number of ether oxygens (including phenoxy) is 1. The van der Waals surface area contributed by atoms with Crippen LogP contribution >= 0.6 is 11.6 Å². The van der Waals surface area contributed by atoms with E-state index in [1.54, 1.807) is 30.9 Å². The molecule has 0 fully saturated rings. The van der Waals surface area contributed by atoms with Crippen LogP contribution in [-0.4, -0.2) is 38.0 Å². The number of halogens is 2. The number of hydrogen-bond acceptors (Lipinski definition) is 5. The molecule has 0 saturated carbocycles. The second-order valence-electron chi connectivity index (χ2n) is 5.88. The number of anilines is 1. The normalized spacial score (nSPS) is 10.7. The number of nitrogens with one attached hydrogen (secondary N) is 1. The molecule has 0 aliphatic carbocycles. The van der Waals surface area contributed by atoms with E-state index in [0.717, 1.165) is 0 Å². The van der Waals surface area contributed by atoms with Crippen LogP contribution in [0.15, 0.2) is 36.7 Å². The summed E-state index contributed by atoms with van der Waals surface area (Å²) < 4.78 is 20.9. The second-order valence-corrected chi connectivity index (χ2v) is 6.28. The van der Waals surface area contributed by atoms with Crippen LogP contribution in [0, 0.1) is 5.82 Å². The first-order valence-electron chi connectivity index (χ1n) is 8.36. The summed E-state index contributed by atoms with van der Waals surface area (Å²) in [4.78, 5) is 24.2. The fraction of sp³-hybridized carbons (Fsp3) is 0.222. The Balaban J connectivity index is 1.69. The Morgan fingerprint density at radius 3 is 2.82 bits per heavy atom. The largest absolute Gasteiger partial charge is 0.461 e. The van der Waals surface area contributed by atoms with Gasteiger partial charge in [-0.3, -0.25) is 14.2 Å². The van der Waals surface area contributed by atoms with Crippen LogP contribution in [0.25, 0.3) is 0 Å². The number of benzene rings is 1. The third kappa shape index (κ3) is 4.37. The van der Waals surface area contributed by atoms with Gasteiger partial charge in [-0.05, 0) is 24.6 Å². The molecule has 0 radical (unpaired) electrons. The van der Waals surface area contributed by atoms with E-state index in [1.165, 1.54) is 29.1 Å². The average Bonchev–Trinajstić information content (AvgIpc) is 3.24. The molecule has 0 spiro atoms. The molecule has 10 heteroatoms. The molecule has 1 N–H and O–H groups in total. The van der Waals surface area contributed by atoms with Gasteiger partial charge in [0.15, 0.2) is 5.69 Å². The molecule has 0 aliphatic rings. The first kappa shape index (κ1) is 19.6. The van der Waals surface area contributed by atoms with Crippen LogP contribution in [0.1, 0.15) is 33.5 Å². The van der Waals surface area contributed by atoms with Crippen LogP contribution in [0.4, 0.5) is 10.1 Å². The SMILES string of the molecule is CCOC(=O)c1cc(C(=O)Nc2cnn(Cc3ccc(F)cc3Cl)c2)nn1C. The summed E-state index contributed by atoms with van der Waals surface area (Å²) in [6, 6.07) is 5.47. The highest BCUT2D eigenvalue weighted by Gasteiger charge is 2.19. The standard InChI is InChI=1S/C18H17ClFN5O3/c1-3-28-18(27)16-7-15(23-24(16)2)17(26)22-13-8-21-25(10-13)9-11-4-5-12(20)6-14(11)19/h4-8,10H,3,9H2,1-2H3,(H,22,26). The smallest absolute Gasteiger partial charge is 0.356 e. The number of aryl methyl sites for hydroxylation is 1. The van der Waals surface area contributed by atoms with E-state index in [-0.39, 0.29) is 18.0 Å². The lowest BCUT2D eigenvalue weighted by atomic mass is 10.2. The fourth-order valence-corrected chi connectivity index (χ4v) is 2.74. The van der Waals surface area contributed by atoms with E-state index >= 15 is 0 Å². The Kier molecular flexibility index (Phi) is 5.74. The fourth-order valence-electron chi connectivity index (χ4n) is 2.51. The highest BCUT2D eigenvalue weighted by molar-refractivity contribution is 6.31. The van der Waals surface area contributed by atoms with Crippen LogP contribution in [-0.2, 0) is 18.3 Å². The van der Waals surface area contributed by atoms with E-state index in [2.05, 4.69) is 15.5 Å². The van der Waals surface area contributed by atoms with Crippen LogP contribution in [0.2, 0.25) is 5.02 Å². The molecule has 2 aromatic heterocycles. The van der Waals surface area contributed by atoms with E-state index < -0.39 is 17.7 Å². The molecular formula is C18H17ClFN5O3. The zero-order chi connectivity index (χ0) is 20.3. The van der Waals surface area contributed by atoms with Crippen molar-refractivity contribution in [2.24, 2.45) is 7.05 Å². The van der Waals surface area contributed by atoms with Crippen molar-refractivity contribution in [1.82, 2.24) is 19.6 Å². The summed E-state index contributed by atoms with van der Waals surface area (Å²) in [6.07, 6.45) is 3.07. The lowest BCUT2D eigenvalue weighted by molar-refractivity contribution is 0.0513. The van der Waals surface area contributed by atoms with Crippen molar-refractivity contribution in [3.05, 3.63) is 64.5 Å². The van der Waals surface area contributed by atoms with Crippen LogP contribution in [0.3, 0.4) is 0 Å². The minimum atomic E-state index is -0.555. The minimum Gasteiger partial charge on any atom is -0.461 e. The van der Waals surface area contributed by atoms with Gasteiger partial charge in [0.25, 0.3) is 5.91 Å². The molecule has 3 rings (SSSR count). The number of amides is 1. The highest BCUT2D eigenvalue weighted by atomic mass is 35.5. The Morgan fingerprint density at radius 2 is 2.11 bits per heavy atom. The zero-order valence-corrected chi connectivity index (χ0v) is 15.9. The molecule has 0 atom stereocenters. The zero-order valence-electron chi connectivity index (χ0n) is 15.1. The number of carbonyl (C=O) groups excluding carboxylic acids is 2. The first-order chi connectivity index (χ1) is 13.4. The number of rotatable bonds is 6. The van der Waals surface area contributed by atoms with Crippen molar-refractivity contribution >= 4 is 29.2 Å². The monoisotopic (exact) mass is 405 g/mol. The molecule has 3 aromatic rings. The van der Waals surface area contributed by atoms with Gasteiger partial charge in [0.05, 0.1) is 25.0 Å². The maximum absolute atomic E-state index is 13.1. The van der Waals surface area contributed by atoms with Gasteiger partial charge >= 0.3 is 5.97 Å². The van der Waals surface area contributed by atoms with Crippen LogP contribution < -0.4 is 5.32 Å². The number of carbonyl (C=O) groups is 2. The average molecular weight is 406 g/mol. The molecule has 0 saturated heterocycles. The quantitative estimate of drug-likeness (QED) is 0.637. The summed E-state index contributed by atoms with van der Waals surface area (Å²) in [5.41, 5.74) is 1.37. The highest BCUT2D eigenvalue weighted by Crippen LogP contribution is 2.19. The molecule has 28 heavy (non-hydrogen) atoms. The van der Waals surface area contributed by atoms with Gasteiger partial charge in [-0.25, -0.2) is 9.18 Å². The maximum atomic E-state index is 13.1. The summed E-state index contributed by atoms with van der Waals surface area (Å²) in [6.45, 7) is 2.23. The lowest BCUT2D eigenvalue weighted by Gasteiger charge is -2.04. The van der Waals surface area contributed by atoms with Crippen molar-refractivity contribution in [2.75, 3.05) is 11.9 Å². The predicted molar refractivity (Wildman–Crippen MR) is 99.9 cm³/mol. The van der Waals surface area contributed by atoms with Crippen molar-refractivity contribution in [1.29, 1.82) is 0 Å². The Bertz CT molecular complexity index is 1030. The van der Waals surface area contributed by atoms with E-state index in [0.29, 0.717) is 22.8 Å². The third-order valence-corrected chi connectivity index (χ3v) is 4.19. The van der Waals surface area contributed by atoms with Crippen LogP contribution in [0.5, 0.6) is 0 Å². The molecule has 0 unspecified atom stereocenters. The third-order valence-electron chi connectivity index (χ3n) is 3.84. The topological polar surface area (TPSA) is 91.0 Å². The Hall–Kier alpha value is -3.20. The van der Waals surface area contributed by atoms with Gasteiger partial charge in [0.2, 0.25) is 0 Å². The molecule has 1 amide bonds. The molecule has 146 valence electrons. The molecule has 0 aliphatic heterocycles. The second kappa shape index (κ2) is 8.22. The van der Waals surface area contributed by atoms with Gasteiger partial charge < -0.3 is 10.1 Å².